The van der Waals surface area contributed by atoms with Gasteiger partial charge in [-0.25, -0.2) is 4.39 Å². The molecule has 4 nitrogen and oxygen atoms in total. The van der Waals surface area contributed by atoms with Gasteiger partial charge in [0, 0.05) is 16.7 Å². The van der Waals surface area contributed by atoms with Gasteiger partial charge in [0.1, 0.15) is 11.5 Å². The van der Waals surface area contributed by atoms with Gasteiger partial charge in [-0.15, -0.1) is 0 Å². The van der Waals surface area contributed by atoms with Crippen molar-refractivity contribution in [1.29, 1.82) is 0 Å². The van der Waals surface area contributed by atoms with Crippen LogP contribution in [0.15, 0.2) is 42.5 Å². The zero-order chi connectivity index (χ0) is 14.7. The summed E-state index contributed by atoms with van der Waals surface area (Å²) < 4.78 is 13.8. The molecular weight excluding hydrogens is 283 g/mol. The maximum absolute atomic E-state index is 13.8. The van der Waals surface area contributed by atoms with E-state index in [1.807, 2.05) is 0 Å². The summed E-state index contributed by atoms with van der Waals surface area (Å²) >= 11 is 5.70. The van der Waals surface area contributed by atoms with Gasteiger partial charge in [-0.1, -0.05) is 29.8 Å². The second-order valence-corrected chi connectivity index (χ2v) is 4.74. The highest BCUT2D eigenvalue weighted by Crippen LogP contribution is 2.29. The fraction of sp³-hybridized carbons (Fsp3) is 0.143. The molecule has 0 saturated carbocycles. The Hall–Kier alpha value is -2.14. The van der Waals surface area contributed by atoms with Gasteiger partial charge in [0.2, 0.25) is 0 Å². The Morgan fingerprint density at radius 3 is 2.65 bits per heavy atom. The molecule has 1 unspecified atom stereocenters. The first-order valence-corrected chi connectivity index (χ1v) is 6.31. The summed E-state index contributed by atoms with van der Waals surface area (Å²) in [4.78, 5) is 10.4. The van der Waals surface area contributed by atoms with E-state index in [1.54, 1.807) is 37.3 Å². The molecule has 0 fully saturated rings. The number of nitro groups is 1. The van der Waals surface area contributed by atoms with Crippen molar-refractivity contribution in [2.45, 2.75) is 13.0 Å². The number of rotatable bonds is 4. The molecule has 104 valence electrons. The largest absolute Gasteiger partial charge is 0.373 e. The highest BCUT2D eigenvalue weighted by Gasteiger charge is 2.17. The zero-order valence-electron chi connectivity index (χ0n) is 10.6. The van der Waals surface area contributed by atoms with Crippen molar-refractivity contribution in [2.75, 3.05) is 5.32 Å². The van der Waals surface area contributed by atoms with Crippen molar-refractivity contribution >= 4 is 23.0 Å². The Labute approximate surface area is 120 Å². The zero-order valence-corrected chi connectivity index (χ0v) is 11.4. The average Bonchev–Trinajstić information content (AvgIpc) is 2.38. The first-order chi connectivity index (χ1) is 9.49. The van der Waals surface area contributed by atoms with Gasteiger partial charge < -0.3 is 5.32 Å². The number of nitro benzene ring substituents is 1. The number of hydrogen-bond donors (Lipinski definition) is 1. The fourth-order valence-electron chi connectivity index (χ4n) is 1.92. The molecule has 0 saturated heterocycles. The topological polar surface area (TPSA) is 55.2 Å². The van der Waals surface area contributed by atoms with Gasteiger partial charge in [-0.3, -0.25) is 10.1 Å². The molecule has 0 amide bonds. The van der Waals surface area contributed by atoms with Crippen molar-refractivity contribution in [2.24, 2.45) is 0 Å². The molecule has 20 heavy (non-hydrogen) atoms. The predicted octanol–water partition coefficient (Wildman–Crippen LogP) is 4.56. The summed E-state index contributed by atoms with van der Waals surface area (Å²) in [6, 6.07) is 10.2. The second kappa shape index (κ2) is 5.88. The summed E-state index contributed by atoms with van der Waals surface area (Å²) in [5.74, 6) is -0.448. The molecule has 0 bridgehead atoms. The number of hydrogen-bond acceptors (Lipinski definition) is 3. The molecule has 0 aliphatic carbocycles. The number of para-hydroxylation sites is 2. The third kappa shape index (κ3) is 3.05. The van der Waals surface area contributed by atoms with Gasteiger partial charge >= 0.3 is 0 Å². The highest BCUT2D eigenvalue weighted by atomic mass is 35.5. The molecule has 0 heterocycles. The van der Waals surface area contributed by atoms with E-state index >= 15 is 0 Å². The molecule has 0 aromatic heterocycles. The van der Waals surface area contributed by atoms with Crippen LogP contribution in [-0.4, -0.2) is 4.92 Å². The molecule has 0 radical (unpaired) electrons. The lowest BCUT2D eigenvalue weighted by Crippen LogP contribution is -2.10. The van der Waals surface area contributed by atoms with E-state index in [0.717, 1.165) is 0 Å². The molecule has 2 aromatic rings. The summed E-state index contributed by atoms with van der Waals surface area (Å²) in [5, 5.41) is 14.2. The first kappa shape index (κ1) is 14.3. The van der Waals surface area contributed by atoms with Crippen LogP contribution in [-0.2, 0) is 0 Å². The number of nitrogens with one attached hydrogen (secondary N) is 1. The quantitative estimate of drug-likeness (QED) is 0.664. The second-order valence-electron chi connectivity index (χ2n) is 4.31. The van der Waals surface area contributed by atoms with Crippen LogP contribution in [0.5, 0.6) is 0 Å². The monoisotopic (exact) mass is 294 g/mol. The summed E-state index contributed by atoms with van der Waals surface area (Å²) in [6.07, 6.45) is 0. The van der Waals surface area contributed by atoms with Crippen molar-refractivity contribution in [3.8, 4) is 0 Å². The number of nitrogens with zero attached hydrogens (tertiary/aromatic N) is 1. The summed E-state index contributed by atoms with van der Waals surface area (Å²) in [7, 11) is 0. The smallest absolute Gasteiger partial charge is 0.292 e. The Bertz CT molecular complexity index is 649. The summed E-state index contributed by atoms with van der Waals surface area (Å²) in [6.45, 7) is 1.73. The van der Waals surface area contributed by atoms with Gasteiger partial charge in [-0.2, -0.15) is 0 Å². The molecule has 2 rings (SSSR count). The van der Waals surface area contributed by atoms with Gasteiger partial charge in [0.15, 0.2) is 0 Å². The van der Waals surface area contributed by atoms with Crippen LogP contribution in [0.3, 0.4) is 0 Å². The van der Waals surface area contributed by atoms with Gasteiger partial charge in [0.05, 0.1) is 11.0 Å². The standard InChI is InChI=1S/C14H12ClFN2O2/c1-9(11-7-6-10(15)8-12(11)16)17-13-4-2-3-5-14(13)18(19)20/h2-9,17H,1H3. The van der Waals surface area contributed by atoms with Crippen LogP contribution in [0.25, 0.3) is 0 Å². The minimum Gasteiger partial charge on any atom is -0.373 e. The fourth-order valence-corrected chi connectivity index (χ4v) is 2.08. The van der Waals surface area contributed by atoms with E-state index in [0.29, 0.717) is 16.3 Å². The van der Waals surface area contributed by atoms with E-state index in [4.69, 9.17) is 11.6 Å². The van der Waals surface area contributed by atoms with Crippen LogP contribution >= 0.6 is 11.6 Å². The molecule has 6 heteroatoms. The SMILES string of the molecule is CC(Nc1ccccc1[N+](=O)[O-])c1ccc(Cl)cc1F. The first-order valence-electron chi connectivity index (χ1n) is 5.94. The van der Waals surface area contributed by atoms with Crippen LogP contribution in [0.2, 0.25) is 5.02 Å². The lowest BCUT2D eigenvalue weighted by Gasteiger charge is -2.16. The lowest BCUT2D eigenvalue weighted by molar-refractivity contribution is -0.384. The van der Waals surface area contributed by atoms with Crippen LogP contribution < -0.4 is 5.32 Å². The summed E-state index contributed by atoms with van der Waals surface area (Å²) in [5.41, 5.74) is 0.695. The number of benzene rings is 2. The van der Waals surface area contributed by atoms with Crippen molar-refractivity contribution in [3.05, 3.63) is 69.0 Å². The Kier molecular flexibility index (Phi) is 4.20. The molecule has 2 aromatic carbocycles. The molecule has 0 spiro atoms. The molecular formula is C14H12ClFN2O2. The number of halogens is 2. The van der Waals surface area contributed by atoms with E-state index in [9.17, 15) is 14.5 Å². The van der Waals surface area contributed by atoms with Crippen molar-refractivity contribution in [1.82, 2.24) is 0 Å². The molecule has 1 N–H and O–H groups in total. The van der Waals surface area contributed by atoms with E-state index in [2.05, 4.69) is 5.32 Å². The minimum atomic E-state index is -0.479. The maximum atomic E-state index is 13.8. The van der Waals surface area contributed by atoms with Gasteiger partial charge in [0.25, 0.3) is 5.69 Å². The average molecular weight is 295 g/mol. The Morgan fingerprint density at radius 2 is 2.00 bits per heavy atom. The van der Waals surface area contributed by atoms with E-state index in [-0.39, 0.29) is 5.69 Å². The third-order valence-electron chi connectivity index (χ3n) is 2.90. The number of anilines is 1. The lowest BCUT2D eigenvalue weighted by atomic mass is 10.1. The van der Waals surface area contributed by atoms with Gasteiger partial charge in [-0.05, 0) is 25.1 Å². The Balaban J connectivity index is 2.28. The third-order valence-corrected chi connectivity index (χ3v) is 3.14. The minimum absolute atomic E-state index is 0.0475. The van der Waals surface area contributed by atoms with E-state index in [1.165, 1.54) is 12.1 Å². The van der Waals surface area contributed by atoms with Crippen molar-refractivity contribution in [3.63, 3.8) is 0 Å². The predicted molar refractivity (Wildman–Crippen MR) is 76.5 cm³/mol. The normalized spacial score (nSPS) is 11.9. The van der Waals surface area contributed by atoms with Crippen LogP contribution in [0.4, 0.5) is 15.8 Å². The maximum Gasteiger partial charge on any atom is 0.292 e. The molecule has 1 atom stereocenters. The Morgan fingerprint density at radius 1 is 1.30 bits per heavy atom. The molecule has 0 aliphatic heterocycles. The van der Waals surface area contributed by atoms with E-state index < -0.39 is 16.8 Å². The molecule has 0 aliphatic rings. The highest BCUT2D eigenvalue weighted by molar-refractivity contribution is 6.30. The van der Waals surface area contributed by atoms with Crippen LogP contribution in [0, 0.1) is 15.9 Å². The van der Waals surface area contributed by atoms with Crippen molar-refractivity contribution < 1.29 is 9.31 Å². The van der Waals surface area contributed by atoms with Crippen LogP contribution in [0.1, 0.15) is 18.5 Å².